The van der Waals surface area contributed by atoms with Gasteiger partial charge in [0.05, 0.1) is 22.5 Å². The summed E-state index contributed by atoms with van der Waals surface area (Å²) < 4.78 is 25.3. The van der Waals surface area contributed by atoms with Crippen LogP contribution in [0.2, 0.25) is 0 Å². The number of likely N-dealkylation sites (tertiary alicyclic amines) is 1. The molecule has 0 N–H and O–H groups in total. The fourth-order valence-corrected chi connectivity index (χ4v) is 4.92. The zero-order valence-electron chi connectivity index (χ0n) is 16.6. The van der Waals surface area contributed by atoms with Gasteiger partial charge in [-0.05, 0) is 37.5 Å². The first kappa shape index (κ1) is 19.1. The summed E-state index contributed by atoms with van der Waals surface area (Å²) in [6.45, 7) is 4.50. The third-order valence-electron chi connectivity index (χ3n) is 6.00. The molecular weight excluding hydrogens is 376 g/mol. The molecule has 2 aliphatic heterocycles. The van der Waals surface area contributed by atoms with Crippen LogP contribution >= 0.6 is 0 Å². The molecule has 1 amide bonds. The van der Waals surface area contributed by atoms with Crippen molar-refractivity contribution < 1.29 is 13.2 Å². The van der Waals surface area contributed by atoms with E-state index in [4.69, 9.17) is 5.10 Å². The summed E-state index contributed by atoms with van der Waals surface area (Å²) in [7, 11) is -1.35. The average molecular weight is 403 g/mol. The summed E-state index contributed by atoms with van der Waals surface area (Å²) in [6, 6.07) is 9.09. The lowest BCUT2D eigenvalue weighted by Gasteiger charge is -2.46. The van der Waals surface area contributed by atoms with Crippen LogP contribution in [-0.2, 0) is 26.7 Å². The molecule has 0 saturated carbocycles. The molecule has 2 aliphatic rings. The molecule has 1 aromatic heterocycles. The Bertz CT molecular complexity index is 1000. The standard InChI is InChI=1S/C20H26N4O3S/c1-15-12-18-22(2)19(25)13-20(24(18)21-15)8-10-23(11-9-20)14-16-4-6-17(7-5-16)28(3,26)27/h4-7,12H,8-11,13-14H2,1-3H3. The number of fused-ring (bicyclic) bond motifs is 2. The van der Waals surface area contributed by atoms with Crippen LogP contribution in [0.25, 0.3) is 0 Å². The van der Waals surface area contributed by atoms with Crippen molar-refractivity contribution in [2.24, 2.45) is 0 Å². The quantitative estimate of drug-likeness (QED) is 0.784. The molecule has 0 atom stereocenters. The third kappa shape index (κ3) is 3.35. The number of aromatic nitrogens is 2. The smallest absolute Gasteiger partial charge is 0.230 e. The SMILES string of the molecule is Cc1cc2n(n1)C1(CCN(Cc3ccc(S(C)(=O)=O)cc3)CC1)CC(=O)N2C. The van der Waals surface area contributed by atoms with Crippen LogP contribution < -0.4 is 4.90 Å². The van der Waals surface area contributed by atoms with E-state index in [0.717, 1.165) is 49.6 Å². The van der Waals surface area contributed by atoms with Crippen molar-refractivity contribution in [3.8, 4) is 0 Å². The minimum Gasteiger partial charge on any atom is -0.300 e. The summed E-state index contributed by atoms with van der Waals surface area (Å²) in [5.74, 6) is 1.04. The van der Waals surface area contributed by atoms with Crippen LogP contribution in [0.1, 0.15) is 30.5 Å². The van der Waals surface area contributed by atoms with E-state index in [9.17, 15) is 13.2 Å². The Kier molecular flexibility index (Phi) is 4.58. The molecule has 1 aromatic carbocycles. The number of carbonyl (C=O) groups is 1. The fourth-order valence-electron chi connectivity index (χ4n) is 4.29. The first-order valence-electron chi connectivity index (χ1n) is 9.53. The van der Waals surface area contributed by atoms with Crippen molar-refractivity contribution in [1.82, 2.24) is 14.7 Å². The number of nitrogens with zero attached hydrogens (tertiary/aromatic N) is 4. The van der Waals surface area contributed by atoms with Gasteiger partial charge in [0, 0.05) is 39.0 Å². The van der Waals surface area contributed by atoms with Crippen LogP contribution in [-0.4, -0.2) is 55.4 Å². The number of sulfone groups is 1. The van der Waals surface area contributed by atoms with Gasteiger partial charge in [-0.3, -0.25) is 9.69 Å². The van der Waals surface area contributed by atoms with Crippen LogP contribution in [0.15, 0.2) is 35.2 Å². The Morgan fingerprint density at radius 1 is 1.14 bits per heavy atom. The molecule has 3 heterocycles. The van der Waals surface area contributed by atoms with Gasteiger partial charge in [0.15, 0.2) is 9.84 Å². The largest absolute Gasteiger partial charge is 0.300 e. The topological polar surface area (TPSA) is 75.5 Å². The number of rotatable bonds is 3. The second-order valence-corrected chi connectivity index (χ2v) is 10.1. The Balaban J connectivity index is 1.48. The molecule has 1 fully saturated rings. The minimum absolute atomic E-state index is 0.150. The lowest BCUT2D eigenvalue weighted by molar-refractivity contribution is -0.122. The number of carbonyl (C=O) groups excluding carboxylic acids is 1. The summed E-state index contributed by atoms with van der Waals surface area (Å²) in [5, 5.41) is 4.70. The Morgan fingerprint density at radius 2 is 1.79 bits per heavy atom. The zero-order valence-corrected chi connectivity index (χ0v) is 17.4. The summed E-state index contributed by atoms with van der Waals surface area (Å²) >= 11 is 0. The van der Waals surface area contributed by atoms with Gasteiger partial charge < -0.3 is 4.90 Å². The van der Waals surface area contributed by atoms with Crippen LogP contribution in [0.3, 0.4) is 0 Å². The molecule has 0 aliphatic carbocycles. The monoisotopic (exact) mass is 402 g/mol. The Labute approximate surface area is 165 Å². The fraction of sp³-hybridized carbons (Fsp3) is 0.500. The second-order valence-electron chi connectivity index (χ2n) is 8.10. The van der Waals surface area contributed by atoms with Gasteiger partial charge in [-0.15, -0.1) is 0 Å². The van der Waals surface area contributed by atoms with Gasteiger partial charge in [-0.25, -0.2) is 13.1 Å². The van der Waals surface area contributed by atoms with E-state index < -0.39 is 9.84 Å². The first-order chi connectivity index (χ1) is 13.2. The molecule has 1 saturated heterocycles. The van der Waals surface area contributed by atoms with Gasteiger partial charge in [0.2, 0.25) is 5.91 Å². The molecular formula is C20H26N4O3S. The van der Waals surface area contributed by atoms with E-state index in [1.165, 1.54) is 6.26 Å². The van der Waals surface area contributed by atoms with Gasteiger partial charge in [-0.2, -0.15) is 5.10 Å². The molecule has 28 heavy (non-hydrogen) atoms. The number of hydrogen-bond donors (Lipinski definition) is 0. The third-order valence-corrected chi connectivity index (χ3v) is 7.13. The summed E-state index contributed by atoms with van der Waals surface area (Å²) in [4.78, 5) is 17.0. The predicted molar refractivity (Wildman–Crippen MR) is 107 cm³/mol. The van der Waals surface area contributed by atoms with Crippen LogP contribution in [0.5, 0.6) is 0 Å². The van der Waals surface area contributed by atoms with Crippen molar-refractivity contribution in [3.63, 3.8) is 0 Å². The van der Waals surface area contributed by atoms with Crippen molar-refractivity contribution >= 4 is 21.6 Å². The lowest BCUT2D eigenvalue weighted by Crippen LogP contribution is -2.53. The van der Waals surface area contributed by atoms with Gasteiger partial charge in [-0.1, -0.05) is 12.1 Å². The highest BCUT2D eigenvalue weighted by Gasteiger charge is 2.45. The van der Waals surface area contributed by atoms with Crippen molar-refractivity contribution in [1.29, 1.82) is 0 Å². The molecule has 0 radical (unpaired) electrons. The predicted octanol–water partition coefficient (Wildman–Crippen LogP) is 1.95. The number of aryl methyl sites for hydroxylation is 1. The maximum absolute atomic E-state index is 12.5. The number of amides is 1. The molecule has 8 heteroatoms. The van der Waals surface area contributed by atoms with E-state index in [-0.39, 0.29) is 11.4 Å². The highest BCUT2D eigenvalue weighted by atomic mass is 32.2. The molecule has 1 spiro atoms. The van der Waals surface area contributed by atoms with Crippen molar-refractivity contribution in [3.05, 3.63) is 41.6 Å². The van der Waals surface area contributed by atoms with E-state index in [1.807, 2.05) is 32.2 Å². The maximum atomic E-state index is 12.5. The Hall–Kier alpha value is -2.19. The van der Waals surface area contributed by atoms with Gasteiger partial charge in [0.1, 0.15) is 5.82 Å². The number of anilines is 1. The van der Waals surface area contributed by atoms with Crippen molar-refractivity contribution in [2.75, 3.05) is 31.3 Å². The highest BCUT2D eigenvalue weighted by Crippen LogP contribution is 2.41. The molecule has 150 valence electrons. The van der Waals surface area contributed by atoms with E-state index in [1.54, 1.807) is 17.0 Å². The number of piperidine rings is 1. The molecule has 2 aromatic rings. The first-order valence-corrected chi connectivity index (χ1v) is 11.4. The van der Waals surface area contributed by atoms with E-state index in [2.05, 4.69) is 9.58 Å². The van der Waals surface area contributed by atoms with Gasteiger partial charge in [0.25, 0.3) is 0 Å². The minimum atomic E-state index is -3.17. The van der Waals surface area contributed by atoms with Crippen LogP contribution in [0.4, 0.5) is 5.82 Å². The van der Waals surface area contributed by atoms with E-state index in [0.29, 0.717) is 11.3 Å². The summed E-state index contributed by atoms with van der Waals surface area (Å²) in [6.07, 6.45) is 3.47. The zero-order chi connectivity index (χ0) is 20.1. The van der Waals surface area contributed by atoms with Crippen molar-refractivity contribution in [2.45, 2.75) is 43.2 Å². The maximum Gasteiger partial charge on any atom is 0.230 e. The molecule has 7 nitrogen and oxygen atoms in total. The molecule has 0 bridgehead atoms. The number of benzene rings is 1. The average Bonchev–Trinajstić information content (AvgIpc) is 3.04. The number of hydrogen-bond acceptors (Lipinski definition) is 5. The molecule has 4 rings (SSSR count). The highest BCUT2D eigenvalue weighted by molar-refractivity contribution is 7.90. The Morgan fingerprint density at radius 3 is 2.39 bits per heavy atom. The molecule has 0 unspecified atom stereocenters. The summed E-state index contributed by atoms with van der Waals surface area (Å²) in [5.41, 5.74) is 1.80. The normalized spacial score (nSPS) is 19.8. The van der Waals surface area contributed by atoms with E-state index >= 15 is 0 Å². The lowest BCUT2D eigenvalue weighted by atomic mass is 9.82. The van der Waals surface area contributed by atoms with Gasteiger partial charge >= 0.3 is 0 Å². The van der Waals surface area contributed by atoms with Crippen LogP contribution in [0, 0.1) is 6.92 Å². The second kappa shape index (κ2) is 6.70.